The number of nitrogens with zero attached hydrogens (tertiary/aromatic N) is 3. The topological polar surface area (TPSA) is 69.3 Å². The van der Waals surface area contributed by atoms with Gasteiger partial charge in [0.05, 0.1) is 20.4 Å². The Morgan fingerprint density at radius 3 is 2.07 bits per heavy atom. The lowest BCUT2D eigenvalue weighted by atomic mass is 9.99. The minimum atomic E-state index is -1.20. The summed E-state index contributed by atoms with van der Waals surface area (Å²) >= 11 is 3.34. The highest BCUT2D eigenvalue weighted by molar-refractivity contribution is 7.29. The summed E-state index contributed by atoms with van der Waals surface area (Å²) in [6.45, 7) is 5.42. The van der Waals surface area contributed by atoms with E-state index in [1.54, 1.807) is 22.7 Å². The molecule has 5 nitrogen and oxygen atoms in total. The number of thiophene rings is 2. The predicted octanol–water partition coefficient (Wildman–Crippen LogP) is 11.3. The van der Waals surface area contributed by atoms with E-state index in [9.17, 15) is 15.2 Å². The monoisotopic (exact) mass is 629 g/mol. The smallest absolute Gasteiger partial charge is 0.346 e. The summed E-state index contributed by atoms with van der Waals surface area (Å²) in [6, 6.07) is 35.8. The lowest BCUT2D eigenvalue weighted by Gasteiger charge is -2.25. The van der Waals surface area contributed by atoms with Crippen LogP contribution in [0.3, 0.4) is 0 Å². The molecule has 0 fully saturated rings. The fraction of sp³-hybridized carbons (Fsp3) is 0.211. The maximum Gasteiger partial charge on any atom is 0.346 e. The molecule has 6 aromatic rings. The molecule has 45 heavy (non-hydrogen) atoms. The van der Waals surface area contributed by atoms with E-state index in [4.69, 9.17) is 0 Å². The summed E-state index contributed by atoms with van der Waals surface area (Å²) in [5, 5.41) is 18.8. The van der Waals surface area contributed by atoms with Crippen molar-refractivity contribution in [3.63, 3.8) is 0 Å². The largest absolute Gasteiger partial charge is 0.477 e. The molecule has 0 amide bonds. The van der Waals surface area contributed by atoms with Crippen LogP contribution in [-0.2, 0) is 11.3 Å². The minimum Gasteiger partial charge on any atom is -0.477 e. The molecule has 1 atom stereocenters. The molecule has 6 rings (SSSR count). The number of nitriles is 1. The second-order valence-electron chi connectivity index (χ2n) is 11.2. The number of fused-ring (bicyclic) bond motifs is 3. The van der Waals surface area contributed by atoms with E-state index in [1.165, 1.54) is 40.4 Å². The van der Waals surface area contributed by atoms with Crippen LogP contribution < -0.4 is 4.90 Å². The Morgan fingerprint density at radius 2 is 1.49 bits per heavy atom. The lowest BCUT2D eigenvalue weighted by molar-refractivity contribution is -0.132. The molecule has 0 saturated heterocycles. The van der Waals surface area contributed by atoms with Gasteiger partial charge in [0.2, 0.25) is 0 Å². The third-order valence-electron chi connectivity index (χ3n) is 8.29. The molecule has 1 N–H and O–H groups in total. The van der Waals surface area contributed by atoms with Crippen molar-refractivity contribution >= 4 is 72.2 Å². The van der Waals surface area contributed by atoms with Crippen LogP contribution in [0.2, 0.25) is 0 Å². The standard InChI is InChI=1S/C38H35N3O2S2/c1-3-5-12-26(4-2)25-40-33-22-32(21-28(24-39)38(42)43)44-36(33)37-34(40)23-35(45-37)27-17-19-31(20-18-27)41(29-13-8-6-9-14-29)30-15-10-7-11-16-30/h6-11,13-23,26H,3-5,12,25H2,1-2H3,(H,42,43)/b28-21-. The zero-order valence-corrected chi connectivity index (χ0v) is 27.1. The second kappa shape index (κ2) is 13.6. The van der Waals surface area contributed by atoms with Gasteiger partial charge in [-0.25, -0.2) is 4.79 Å². The van der Waals surface area contributed by atoms with E-state index in [1.807, 2.05) is 18.2 Å². The van der Waals surface area contributed by atoms with Gasteiger partial charge in [-0.05, 0) is 72.5 Å². The normalized spacial score (nSPS) is 12.4. The Balaban J connectivity index is 1.41. The number of carboxylic acid groups (broad SMARTS) is 1. The SMILES string of the molecule is CCCCC(CC)Cn1c2cc(/C=C(/C#N)C(=O)O)sc2c2sc(-c3ccc(N(c4ccccc4)c4ccccc4)cc3)cc21. The average molecular weight is 630 g/mol. The van der Waals surface area contributed by atoms with Crippen molar-refractivity contribution in [2.45, 2.75) is 46.1 Å². The number of aliphatic carboxylic acids is 1. The van der Waals surface area contributed by atoms with Crippen LogP contribution in [-0.4, -0.2) is 15.6 Å². The number of hydrogen-bond acceptors (Lipinski definition) is 5. The van der Waals surface area contributed by atoms with Crippen molar-refractivity contribution < 1.29 is 9.90 Å². The first-order valence-electron chi connectivity index (χ1n) is 15.4. The van der Waals surface area contributed by atoms with Crippen LogP contribution in [0.25, 0.3) is 36.9 Å². The van der Waals surface area contributed by atoms with Gasteiger partial charge < -0.3 is 14.6 Å². The van der Waals surface area contributed by atoms with E-state index in [0.29, 0.717) is 5.92 Å². The Bertz CT molecular complexity index is 1960. The summed E-state index contributed by atoms with van der Waals surface area (Å²) in [6.07, 6.45) is 6.17. The summed E-state index contributed by atoms with van der Waals surface area (Å²) in [4.78, 5) is 15.8. The Hall–Kier alpha value is -4.64. The molecule has 3 aromatic carbocycles. The zero-order valence-electron chi connectivity index (χ0n) is 25.4. The molecular weight excluding hydrogens is 595 g/mol. The molecule has 0 saturated carbocycles. The van der Waals surface area contributed by atoms with Gasteiger partial charge in [-0.1, -0.05) is 81.6 Å². The fourth-order valence-corrected chi connectivity index (χ4v) is 8.30. The number of hydrogen-bond donors (Lipinski definition) is 1. The molecule has 0 aliphatic carbocycles. The van der Waals surface area contributed by atoms with Gasteiger partial charge in [0, 0.05) is 33.4 Å². The number of anilines is 3. The number of aromatic nitrogens is 1. The molecule has 0 aliphatic rings. The molecule has 7 heteroatoms. The predicted molar refractivity (Wildman–Crippen MR) is 190 cm³/mol. The van der Waals surface area contributed by atoms with Crippen LogP contribution in [0, 0.1) is 17.2 Å². The highest BCUT2D eigenvalue weighted by Crippen LogP contribution is 2.45. The van der Waals surface area contributed by atoms with Gasteiger partial charge in [0.15, 0.2) is 0 Å². The molecule has 3 aromatic heterocycles. The van der Waals surface area contributed by atoms with Gasteiger partial charge in [-0.2, -0.15) is 5.26 Å². The van der Waals surface area contributed by atoms with Crippen LogP contribution in [0.1, 0.15) is 44.4 Å². The Labute approximate surface area is 271 Å². The summed E-state index contributed by atoms with van der Waals surface area (Å²) in [7, 11) is 0. The van der Waals surface area contributed by atoms with Gasteiger partial charge in [0.25, 0.3) is 0 Å². The van der Waals surface area contributed by atoms with Gasteiger partial charge >= 0.3 is 5.97 Å². The number of para-hydroxylation sites is 2. The van der Waals surface area contributed by atoms with Gasteiger partial charge in [0.1, 0.15) is 11.6 Å². The number of carboxylic acids is 1. The molecule has 0 bridgehead atoms. The third kappa shape index (κ3) is 6.30. The lowest BCUT2D eigenvalue weighted by Crippen LogP contribution is -2.09. The van der Waals surface area contributed by atoms with Crippen LogP contribution >= 0.6 is 22.7 Å². The Morgan fingerprint density at radius 1 is 0.889 bits per heavy atom. The van der Waals surface area contributed by atoms with Crippen LogP contribution in [0.4, 0.5) is 17.1 Å². The fourth-order valence-electron chi connectivity index (χ4n) is 5.88. The minimum absolute atomic E-state index is 0.247. The van der Waals surface area contributed by atoms with Crippen molar-refractivity contribution in [3.8, 4) is 16.5 Å². The molecular formula is C38H35N3O2S2. The molecule has 0 aliphatic heterocycles. The summed E-state index contributed by atoms with van der Waals surface area (Å²) < 4.78 is 4.79. The first kappa shape index (κ1) is 30.4. The molecule has 226 valence electrons. The van der Waals surface area contributed by atoms with E-state index < -0.39 is 5.97 Å². The Kier molecular flexibility index (Phi) is 9.16. The van der Waals surface area contributed by atoms with E-state index in [2.05, 4.69) is 108 Å². The maximum absolute atomic E-state index is 11.5. The summed E-state index contributed by atoms with van der Waals surface area (Å²) in [5.41, 5.74) is 6.55. The first-order valence-corrected chi connectivity index (χ1v) is 17.0. The number of rotatable bonds is 12. The maximum atomic E-state index is 11.5. The third-order valence-corrected chi connectivity index (χ3v) is 10.7. The van der Waals surface area contributed by atoms with Gasteiger partial charge in [-0.15, -0.1) is 22.7 Å². The van der Waals surface area contributed by atoms with Crippen molar-refractivity contribution in [1.82, 2.24) is 4.57 Å². The molecule has 1 unspecified atom stereocenters. The second-order valence-corrected chi connectivity index (χ2v) is 13.4. The zero-order chi connectivity index (χ0) is 31.3. The average Bonchev–Trinajstić information content (AvgIpc) is 3.75. The quantitative estimate of drug-likeness (QED) is 0.108. The molecule has 3 heterocycles. The van der Waals surface area contributed by atoms with E-state index in [0.717, 1.165) is 50.7 Å². The molecule has 0 radical (unpaired) electrons. The number of unbranched alkanes of at least 4 members (excludes halogenated alkanes) is 1. The highest BCUT2D eigenvalue weighted by atomic mass is 32.1. The van der Waals surface area contributed by atoms with Crippen LogP contribution in [0.15, 0.2) is 103 Å². The number of carbonyl (C=O) groups is 1. The van der Waals surface area contributed by atoms with Gasteiger partial charge in [-0.3, -0.25) is 0 Å². The van der Waals surface area contributed by atoms with Crippen molar-refractivity contribution in [2.75, 3.05) is 4.90 Å². The van der Waals surface area contributed by atoms with E-state index >= 15 is 0 Å². The highest BCUT2D eigenvalue weighted by Gasteiger charge is 2.21. The number of benzene rings is 3. The first-order chi connectivity index (χ1) is 22.0. The van der Waals surface area contributed by atoms with Crippen molar-refractivity contribution in [3.05, 3.63) is 108 Å². The van der Waals surface area contributed by atoms with Crippen molar-refractivity contribution in [2.24, 2.45) is 5.92 Å². The van der Waals surface area contributed by atoms with Crippen molar-refractivity contribution in [1.29, 1.82) is 5.26 Å². The van der Waals surface area contributed by atoms with E-state index in [-0.39, 0.29) is 5.57 Å². The summed E-state index contributed by atoms with van der Waals surface area (Å²) in [5.74, 6) is -0.643. The van der Waals surface area contributed by atoms with Crippen LogP contribution in [0.5, 0.6) is 0 Å². The molecule has 0 spiro atoms.